The summed E-state index contributed by atoms with van der Waals surface area (Å²) in [6, 6.07) is 0. The zero-order chi connectivity index (χ0) is 6.78. The largest absolute Gasteiger partial charge is 0.481 e. The third-order valence-corrected chi connectivity index (χ3v) is 1.59. The molecular weight excluding hydrogens is 158 g/mol. The smallest absolute Gasteiger partial charge is 0.302 e. The predicted molar refractivity (Wildman–Crippen MR) is 23.0 cm³/mol. The van der Waals surface area contributed by atoms with E-state index < -0.39 is 16.1 Å². The molecule has 49 valence electrons. The lowest BCUT2D eigenvalue weighted by atomic mass is 15.7. The summed E-state index contributed by atoms with van der Waals surface area (Å²) in [5.41, 5.74) is 0. The molecule has 0 bridgehead atoms. The van der Waals surface area contributed by atoms with E-state index in [9.17, 15) is 9.13 Å². The molecule has 0 amide bonds. The van der Waals surface area contributed by atoms with Crippen LogP contribution in [0.15, 0.2) is 0 Å². The molecule has 0 aliphatic heterocycles. The van der Waals surface area contributed by atoms with Crippen LogP contribution in [0.5, 0.6) is 0 Å². The maximum atomic E-state index is 9.57. The quantitative estimate of drug-likeness (QED) is 0.482. The maximum absolute atomic E-state index is 9.57. The first-order valence-corrected chi connectivity index (χ1v) is 3.99. The van der Waals surface area contributed by atoms with Gasteiger partial charge in [-0.1, -0.05) is 0 Å². The second-order valence-corrected chi connectivity index (χ2v) is 2.92. The molecule has 0 aromatic heterocycles. The number of phosphoric acid groups is 1. The minimum atomic E-state index is -4.76. The highest BCUT2D eigenvalue weighted by Crippen LogP contribution is 2.45. The van der Waals surface area contributed by atoms with Gasteiger partial charge in [0, 0.05) is 0 Å². The van der Waals surface area contributed by atoms with Gasteiger partial charge in [-0.05, 0) is 0 Å². The second kappa shape index (κ2) is 2.64. The molecular formula is H3O6P2. The molecule has 3 N–H and O–H groups in total. The Hall–Kier alpha value is 0.170. The van der Waals surface area contributed by atoms with Crippen LogP contribution in [0.3, 0.4) is 0 Å². The van der Waals surface area contributed by atoms with Gasteiger partial charge in [0.25, 0.3) is 0 Å². The number of rotatable bonds is 2. The lowest BCUT2D eigenvalue weighted by Gasteiger charge is -1.95. The summed E-state index contributed by atoms with van der Waals surface area (Å²) in [6.45, 7) is 0. The van der Waals surface area contributed by atoms with Crippen LogP contribution in [-0.4, -0.2) is 14.7 Å². The van der Waals surface area contributed by atoms with Crippen molar-refractivity contribution in [1.82, 2.24) is 0 Å². The molecule has 1 unspecified atom stereocenters. The van der Waals surface area contributed by atoms with Gasteiger partial charge < -0.3 is 9.79 Å². The minimum Gasteiger partial charge on any atom is -0.302 e. The van der Waals surface area contributed by atoms with Crippen molar-refractivity contribution < 1.29 is 28.1 Å². The van der Waals surface area contributed by atoms with Crippen LogP contribution in [0, 0.1) is 0 Å². The van der Waals surface area contributed by atoms with Gasteiger partial charge in [0.2, 0.25) is 0 Å². The summed E-state index contributed by atoms with van der Waals surface area (Å²) in [7, 11) is -7.96. The first-order valence-electron chi connectivity index (χ1n) is 1.33. The average molecular weight is 161 g/mol. The molecule has 1 radical (unpaired) electrons. The Morgan fingerprint density at radius 2 is 1.88 bits per heavy atom. The Kier molecular flexibility index (Phi) is 2.70. The van der Waals surface area contributed by atoms with Gasteiger partial charge in [0.05, 0.1) is 0 Å². The van der Waals surface area contributed by atoms with Crippen LogP contribution in [-0.2, 0) is 13.4 Å². The van der Waals surface area contributed by atoms with Crippen molar-refractivity contribution in [1.29, 1.82) is 0 Å². The Balaban J connectivity index is 3.74. The summed E-state index contributed by atoms with van der Waals surface area (Å²) in [5.74, 6) is 0. The highest BCUT2D eigenvalue weighted by Gasteiger charge is 2.17. The van der Waals surface area contributed by atoms with E-state index in [2.05, 4.69) is 4.31 Å². The van der Waals surface area contributed by atoms with E-state index in [-0.39, 0.29) is 0 Å². The zero-order valence-corrected chi connectivity index (χ0v) is 5.25. The first-order chi connectivity index (χ1) is 3.42. The topological polar surface area (TPSA) is 104 Å². The summed E-state index contributed by atoms with van der Waals surface area (Å²) >= 11 is 0. The lowest BCUT2D eigenvalue weighted by molar-refractivity contribution is 0.273. The van der Waals surface area contributed by atoms with Gasteiger partial charge >= 0.3 is 16.1 Å². The van der Waals surface area contributed by atoms with Crippen LogP contribution in [0.1, 0.15) is 0 Å². The molecule has 1 atom stereocenters. The normalized spacial score (nSPS) is 13.6. The van der Waals surface area contributed by atoms with Gasteiger partial charge in [-0.15, -0.1) is 0 Å². The highest BCUT2D eigenvalue weighted by molar-refractivity contribution is 7.54. The Labute approximate surface area is 45.3 Å². The molecule has 8 heteroatoms. The summed E-state index contributed by atoms with van der Waals surface area (Å²) < 4.78 is 22.2. The predicted octanol–water partition coefficient (Wildman–Crippen LogP) is -0.255. The van der Waals surface area contributed by atoms with Crippen LogP contribution in [0.2, 0.25) is 0 Å². The zero-order valence-electron chi connectivity index (χ0n) is 3.46. The van der Waals surface area contributed by atoms with Crippen molar-refractivity contribution in [3.8, 4) is 0 Å². The van der Waals surface area contributed by atoms with Crippen LogP contribution < -0.4 is 0 Å². The van der Waals surface area contributed by atoms with Crippen molar-refractivity contribution in [3.63, 3.8) is 0 Å². The SMILES string of the molecule is O=[P](O)OP(=O)(O)O. The van der Waals surface area contributed by atoms with Gasteiger partial charge in [-0.2, -0.15) is 4.31 Å². The molecule has 0 fully saturated rings. The fourth-order valence-corrected chi connectivity index (χ4v) is 0.819. The molecule has 0 saturated carbocycles. The number of hydrogen-bond acceptors (Lipinski definition) is 3. The molecule has 0 saturated heterocycles. The molecule has 0 aliphatic carbocycles. The standard InChI is InChI=1S/H3O6P2/c1-7(2)6-8(3,4)5/h(H,1,2)(H2,3,4,5). The van der Waals surface area contributed by atoms with E-state index in [0.29, 0.717) is 0 Å². The van der Waals surface area contributed by atoms with E-state index in [0.717, 1.165) is 0 Å². The van der Waals surface area contributed by atoms with Crippen molar-refractivity contribution in [2.24, 2.45) is 0 Å². The van der Waals surface area contributed by atoms with E-state index >= 15 is 0 Å². The van der Waals surface area contributed by atoms with Crippen molar-refractivity contribution in [3.05, 3.63) is 0 Å². The highest BCUT2D eigenvalue weighted by atomic mass is 31.2. The molecule has 0 spiro atoms. The van der Waals surface area contributed by atoms with E-state index in [1.165, 1.54) is 0 Å². The second-order valence-electron chi connectivity index (χ2n) is 0.810. The lowest BCUT2D eigenvalue weighted by Crippen LogP contribution is -1.75. The average Bonchev–Trinajstić information content (AvgIpc) is 1.21. The Morgan fingerprint density at radius 1 is 1.50 bits per heavy atom. The van der Waals surface area contributed by atoms with E-state index in [1.807, 2.05) is 0 Å². The molecule has 6 nitrogen and oxygen atoms in total. The monoisotopic (exact) mass is 161 g/mol. The van der Waals surface area contributed by atoms with Crippen LogP contribution in [0.25, 0.3) is 0 Å². The molecule has 0 rings (SSSR count). The molecule has 0 aromatic carbocycles. The first kappa shape index (κ1) is 8.17. The third kappa shape index (κ3) is 6.17. The third-order valence-electron chi connectivity index (χ3n) is 0.176. The van der Waals surface area contributed by atoms with E-state index in [1.54, 1.807) is 0 Å². The molecule has 0 aliphatic rings. The van der Waals surface area contributed by atoms with Crippen LogP contribution in [0.4, 0.5) is 0 Å². The molecule has 0 heterocycles. The number of hydrogen-bond donors (Lipinski definition) is 3. The van der Waals surface area contributed by atoms with E-state index in [4.69, 9.17) is 14.7 Å². The van der Waals surface area contributed by atoms with Gasteiger partial charge in [0.1, 0.15) is 0 Å². The molecule has 0 aromatic rings. The van der Waals surface area contributed by atoms with Gasteiger partial charge in [-0.3, -0.25) is 4.89 Å². The van der Waals surface area contributed by atoms with Gasteiger partial charge in [-0.25, -0.2) is 9.13 Å². The fourth-order valence-electron chi connectivity index (χ4n) is 0.0910. The van der Waals surface area contributed by atoms with Crippen molar-refractivity contribution in [2.75, 3.05) is 0 Å². The summed E-state index contributed by atoms with van der Waals surface area (Å²) in [6.07, 6.45) is 0. The van der Waals surface area contributed by atoms with Gasteiger partial charge in [0.15, 0.2) is 0 Å². The Bertz CT molecular complexity index is 129. The molecule has 8 heavy (non-hydrogen) atoms. The van der Waals surface area contributed by atoms with Crippen molar-refractivity contribution in [2.45, 2.75) is 0 Å². The van der Waals surface area contributed by atoms with Crippen molar-refractivity contribution >= 4 is 16.1 Å². The Morgan fingerprint density at radius 3 is 1.88 bits per heavy atom. The van der Waals surface area contributed by atoms with Crippen LogP contribution >= 0.6 is 16.1 Å². The minimum absolute atomic E-state index is 3.17. The summed E-state index contributed by atoms with van der Waals surface area (Å²) in [4.78, 5) is 23.1. The maximum Gasteiger partial charge on any atom is 0.481 e. The summed E-state index contributed by atoms with van der Waals surface area (Å²) in [5, 5.41) is 0. The fraction of sp³-hybridized carbons (Fsp3) is 0.